The van der Waals surface area contributed by atoms with E-state index >= 15 is 0 Å². The second-order valence-electron chi connectivity index (χ2n) is 7.25. The van der Waals surface area contributed by atoms with Crippen molar-refractivity contribution in [2.45, 2.75) is 39.3 Å². The van der Waals surface area contributed by atoms with Crippen LogP contribution in [0.1, 0.15) is 38.3 Å². The number of nitrogens with one attached hydrogen (secondary N) is 2. The van der Waals surface area contributed by atoms with E-state index in [1.807, 2.05) is 26.0 Å². The number of aromatic nitrogens is 2. The lowest BCUT2D eigenvalue weighted by molar-refractivity contribution is -0.120. The molecular formula is C21H30ClN5O4. The Labute approximate surface area is 186 Å². The highest BCUT2D eigenvalue weighted by Crippen LogP contribution is 2.18. The van der Waals surface area contributed by atoms with Crippen LogP contribution in [0.5, 0.6) is 0 Å². The van der Waals surface area contributed by atoms with Gasteiger partial charge in [-0.25, -0.2) is 4.79 Å². The molecule has 170 valence electrons. The summed E-state index contributed by atoms with van der Waals surface area (Å²) in [7, 11) is 1.52. The molecule has 1 heterocycles. The smallest absolute Gasteiger partial charge is 0.330 e. The second kappa shape index (κ2) is 11.6. The van der Waals surface area contributed by atoms with Crippen LogP contribution >= 0.6 is 11.6 Å². The Morgan fingerprint density at radius 2 is 2.00 bits per heavy atom. The van der Waals surface area contributed by atoms with E-state index in [1.165, 1.54) is 16.6 Å². The van der Waals surface area contributed by atoms with Crippen molar-refractivity contribution in [2.75, 3.05) is 37.4 Å². The topological polar surface area (TPSA) is 122 Å². The molecule has 10 heteroatoms. The van der Waals surface area contributed by atoms with Gasteiger partial charge in [0.15, 0.2) is 0 Å². The summed E-state index contributed by atoms with van der Waals surface area (Å²) >= 11 is 5.92. The van der Waals surface area contributed by atoms with Gasteiger partial charge in [0.2, 0.25) is 5.91 Å². The Morgan fingerprint density at radius 1 is 1.32 bits per heavy atom. The van der Waals surface area contributed by atoms with E-state index in [9.17, 15) is 14.4 Å². The molecule has 1 aromatic heterocycles. The molecule has 2 aromatic rings. The highest BCUT2D eigenvalue weighted by Gasteiger charge is 2.21. The van der Waals surface area contributed by atoms with E-state index in [-0.39, 0.29) is 43.2 Å². The molecule has 1 atom stereocenters. The maximum Gasteiger partial charge on any atom is 0.330 e. The lowest BCUT2D eigenvalue weighted by Gasteiger charge is -2.26. The Kier molecular flexibility index (Phi) is 9.14. The summed E-state index contributed by atoms with van der Waals surface area (Å²) in [5.41, 5.74) is 5.98. The minimum Gasteiger partial charge on any atom is -0.383 e. The van der Waals surface area contributed by atoms with Gasteiger partial charge in [-0.1, -0.05) is 37.1 Å². The first-order chi connectivity index (χ1) is 14.8. The van der Waals surface area contributed by atoms with Gasteiger partial charge in [-0.2, -0.15) is 0 Å². The average molecular weight is 452 g/mol. The van der Waals surface area contributed by atoms with E-state index < -0.39 is 11.2 Å². The van der Waals surface area contributed by atoms with Gasteiger partial charge in [0.1, 0.15) is 11.5 Å². The molecule has 1 unspecified atom stereocenters. The van der Waals surface area contributed by atoms with Gasteiger partial charge in [0.25, 0.3) is 5.56 Å². The van der Waals surface area contributed by atoms with Crippen molar-refractivity contribution < 1.29 is 9.53 Å². The van der Waals surface area contributed by atoms with Crippen molar-refractivity contribution in [1.82, 2.24) is 14.9 Å². The van der Waals surface area contributed by atoms with Gasteiger partial charge in [0.05, 0.1) is 19.2 Å². The molecule has 0 saturated heterocycles. The van der Waals surface area contributed by atoms with Crippen LogP contribution in [-0.4, -0.2) is 42.3 Å². The summed E-state index contributed by atoms with van der Waals surface area (Å²) in [5.74, 6) is -0.263. The van der Waals surface area contributed by atoms with Crippen LogP contribution in [0.3, 0.4) is 0 Å². The molecule has 0 aliphatic heterocycles. The van der Waals surface area contributed by atoms with Gasteiger partial charge in [0, 0.05) is 25.2 Å². The van der Waals surface area contributed by atoms with Crippen LogP contribution in [0.25, 0.3) is 0 Å². The van der Waals surface area contributed by atoms with Crippen LogP contribution < -0.4 is 27.2 Å². The predicted molar refractivity (Wildman–Crippen MR) is 123 cm³/mol. The maximum absolute atomic E-state index is 12.7. The number of nitrogens with zero attached hydrogens (tertiary/aromatic N) is 2. The summed E-state index contributed by atoms with van der Waals surface area (Å²) in [5, 5.41) is 3.52. The molecule has 0 aliphatic carbocycles. The summed E-state index contributed by atoms with van der Waals surface area (Å²) in [6.45, 7) is 4.62. The molecule has 2 rings (SSSR count). The van der Waals surface area contributed by atoms with Crippen molar-refractivity contribution in [1.29, 1.82) is 0 Å². The first-order valence-electron chi connectivity index (χ1n) is 10.2. The molecule has 0 fully saturated rings. The highest BCUT2D eigenvalue weighted by atomic mass is 35.5. The van der Waals surface area contributed by atoms with E-state index in [4.69, 9.17) is 22.1 Å². The van der Waals surface area contributed by atoms with Gasteiger partial charge in [-0.15, -0.1) is 0 Å². The first-order valence-corrected chi connectivity index (χ1v) is 10.6. The minimum absolute atomic E-state index is 0.0388. The van der Waals surface area contributed by atoms with Crippen molar-refractivity contribution in [3.63, 3.8) is 0 Å². The number of hydrogen-bond donors (Lipinski definition) is 3. The normalized spacial score (nSPS) is 11.9. The van der Waals surface area contributed by atoms with Gasteiger partial charge in [-0.05, 0) is 31.0 Å². The molecule has 1 amide bonds. The number of amides is 1. The lowest BCUT2D eigenvalue weighted by Crippen LogP contribution is -2.44. The Bertz CT molecular complexity index is 987. The standard InChI is InChI=1S/C21H30ClN5O4/c1-4-5-10-27-19(23)18(20(29)25-21(27)30)26(11-12-31-3)13-17(28)24-14(2)15-6-8-16(22)9-7-15/h6-9,14H,4-5,10-13,23H2,1-3H3,(H,24,28)(H,25,29,30). The number of anilines is 2. The maximum atomic E-state index is 12.7. The monoisotopic (exact) mass is 451 g/mol. The molecule has 9 nitrogen and oxygen atoms in total. The molecular weight excluding hydrogens is 422 g/mol. The van der Waals surface area contributed by atoms with Crippen LogP contribution in [0.2, 0.25) is 5.02 Å². The molecule has 0 spiro atoms. The number of halogens is 1. The fraction of sp³-hybridized carbons (Fsp3) is 0.476. The average Bonchev–Trinajstić information content (AvgIpc) is 2.71. The van der Waals surface area contributed by atoms with Gasteiger partial charge in [-0.3, -0.25) is 19.1 Å². The lowest BCUT2D eigenvalue weighted by atomic mass is 10.1. The summed E-state index contributed by atoms with van der Waals surface area (Å²) in [4.78, 5) is 41.4. The van der Waals surface area contributed by atoms with Gasteiger partial charge >= 0.3 is 5.69 Å². The number of carbonyl (C=O) groups excluding carboxylic acids is 1. The number of nitrogens with two attached hydrogens (primary N) is 1. The van der Waals surface area contributed by atoms with Crippen LogP contribution in [0, 0.1) is 0 Å². The molecule has 0 saturated carbocycles. The quantitative estimate of drug-likeness (QED) is 0.479. The van der Waals surface area contributed by atoms with Gasteiger partial charge < -0.3 is 20.7 Å². The predicted octanol–water partition coefficient (Wildman–Crippen LogP) is 1.90. The number of rotatable bonds is 11. The van der Waals surface area contributed by atoms with Crippen molar-refractivity contribution in [3.8, 4) is 0 Å². The van der Waals surface area contributed by atoms with E-state index in [1.54, 1.807) is 12.1 Å². The van der Waals surface area contributed by atoms with E-state index in [2.05, 4.69) is 10.3 Å². The van der Waals surface area contributed by atoms with Crippen LogP contribution in [-0.2, 0) is 16.1 Å². The number of H-pyrrole nitrogens is 1. The minimum atomic E-state index is -0.634. The van der Waals surface area contributed by atoms with Crippen molar-refractivity contribution >= 4 is 29.0 Å². The fourth-order valence-corrected chi connectivity index (χ4v) is 3.31. The molecule has 31 heavy (non-hydrogen) atoms. The number of nitrogen functional groups attached to an aromatic ring is 1. The molecule has 0 bridgehead atoms. The summed E-state index contributed by atoms with van der Waals surface area (Å²) < 4.78 is 6.46. The molecule has 0 radical (unpaired) electrons. The largest absolute Gasteiger partial charge is 0.383 e. The number of unbranched alkanes of at least 4 members (excludes halogenated alkanes) is 1. The number of carbonyl (C=O) groups is 1. The number of hydrogen-bond acceptors (Lipinski definition) is 6. The number of ether oxygens (including phenoxy) is 1. The summed E-state index contributed by atoms with van der Waals surface area (Å²) in [6, 6.07) is 6.92. The molecule has 0 aliphatic rings. The fourth-order valence-electron chi connectivity index (χ4n) is 3.19. The zero-order chi connectivity index (χ0) is 23.0. The zero-order valence-electron chi connectivity index (χ0n) is 18.1. The summed E-state index contributed by atoms with van der Waals surface area (Å²) in [6.07, 6.45) is 1.59. The highest BCUT2D eigenvalue weighted by molar-refractivity contribution is 6.30. The number of aromatic amines is 1. The molecule has 4 N–H and O–H groups in total. The third-order valence-electron chi connectivity index (χ3n) is 4.91. The Balaban J connectivity index is 2.27. The van der Waals surface area contributed by atoms with E-state index in [0.29, 0.717) is 11.6 Å². The zero-order valence-corrected chi connectivity index (χ0v) is 18.9. The van der Waals surface area contributed by atoms with Crippen molar-refractivity contribution in [2.24, 2.45) is 0 Å². The van der Waals surface area contributed by atoms with E-state index in [0.717, 1.165) is 18.4 Å². The number of benzene rings is 1. The second-order valence-corrected chi connectivity index (χ2v) is 7.69. The van der Waals surface area contributed by atoms with Crippen LogP contribution in [0.4, 0.5) is 11.5 Å². The van der Waals surface area contributed by atoms with Crippen molar-refractivity contribution in [3.05, 3.63) is 55.7 Å². The SMILES string of the molecule is CCCCn1c(N)c(N(CCOC)CC(=O)NC(C)c2ccc(Cl)cc2)c(=O)[nH]c1=O. The Hall–Kier alpha value is -2.78. The Morgan fingerprint density at radius 3 is 2.61 bits per heavy atom. The molecule has 1 aromatic carbocycles. The third-order valence-corrected chi connectivity index (χ3v) is 5.16. The number of methoxy groups -OCH3 is 1. The third kappa shape index (κ3) is 6.60. The van der Waals surface area contributed by atoms with Crippen LogP contribution in [0.15, 0.2) is 33.9 Å². The first kappa shape index (κ1) is 24.5.